The van der Waals surface area contributed by atoms with E-state index >= 15 is 0 Å². The Labute approximate surface area is 124 Å². The van der Waals surface area contributed by atoms with Gasteiger partial charge in [-0.2, -0.15) is 0 Å². The van der Waals surface area contributed by atoms with E-state index in [-0.39, 0.29) is 30.4 Å². The Morgan fingerprint density at radius 1 is 1.19 bits per heavy atom. The number of nitrogens with two attached hydrogens (primary N) is 1. The smallest absolute Gasteiger partial charge is 0.324 e. The zero-order chi connectivity index (χ0) is 14.8. The van der Waals surface area contributed by atoms with Crippen molar-refractivity contribution < 1.29 is 9.59 Å². The molecule has 1 aliphatic heterocycles. The van der Waals surface area contributed by atoms with Crippen LogP contribution in [0.5, 0.6) is 0 Å². The van der Waals surface area contributed by atoms with Gasteiger partial charge in [-0.1, -0.05) is 30.3 Å². The van der Waals surface area contributed by atoms with Crippen LogP contribution in [-0.4, -0.2) is 36.0 Å². The molecule has 1 aromatic carbocycles. The molecule has 1 heterocycles. The van der Waals surface area contributed by atoms with Crippen LogP contribution < -0.4 is 11.1 Å². The van der Waals surface area contributed by atoms with Crippen LogP contribution in [0.2, 0.25) is 0 Å². The molecular weight excluding hydrogens is 266 g/mol. The van der Waals surface area contributed by atoms with Gasteiger partial charge in [-0.15, -0.1) is 0 Å². The minimum Gasteiger partial charge on any atom is -0.330 e. The van der Waals surface area contributed by atoms with Gasteiger partial charge in [-0.05, 0) is 43.2 Å². The highest BCUT2D eigenvalue weighted by atomic mass is 16.2. The molecule has 1 aromatic rings. The van der Waals surface area contributed by atoms with Crippen LogP contribution in [0.25, 0.3) is 0 Å². The van der Waals surface area contributed by atoms with Crippen LogP contribution in [0.15, 0.2) is 30.3 Å². The molecule has 1 aliphatic carbocycles. The van der Waals surface area contributed by atoms with Crippen molar-refractivity contribution in [1.29, 1.82) is 0 Å². The van der Waals surface area contributed by atoms with Crippen molar-refractivity contribution in [2.45, 2.75) is 31.2 Å². The molecule has 5 heteroatoms. The number of urea groups is 1. The van der Waals surface area contributed by atoms with E-state index in [0.29, 0.717) is 12.5 Å². The SMILES string of the molecule is NCC1CCC(c2ccccc2)CC1N1C(=O)CNC1=O. The van der Waals surface area contributed by atoms with Crippen LogP contribution in [-0.2, 0) is 4.79 Å². The summed E-state index contributed by atoms with van der Waals surface area (Å²) in [5.41, 5.74) is 7.15. The monoisotopic (exact) mass is 287 g/mol. The maximum Gasteiger partial charge on any atom is 0.324 e. The van der Waals surface area contributed by atoms with Crippen molar-refractivity contribution in [3.05, 3.63) is 35.9 Å². The first kappa shape index (κ1) is 14.1. The number of nitrogens with one attached hydrogen (secondary N) is 1. The molecule has 112 valence electrons. The van der Waals surface area contributed by atoms with Gasteiger partial charge >= 0.3 is 6.03 Å². The number of imide groups is 1. The molecule has 2 aliphatic rings. The summed E-state index contributed by atoms with van der Waals surface area (Å²) in [6, 6.07) is 9.97. The molecule has 1 saturated heterocycles. The summed E-state index contributed by atoms with van der Waals surface area (Å²) in [6.07, 6.45) is 2.83. The number of amides is 3. The van der Waals surface area contributed by atoms with Crippen LogP contribution >= 0.6 is 0 Å². The van der Waals surface area contributed by atoms with Gasteiger partial charge in [-0.3, -0.25) is 9.69 Å². The Kier molecular flexibility index (Phi) is 3.92. The lowest BCUT2D eigenvalue weighted by Gasteiger charge is -2.39. The van der Waals surface area contributed by atoms with Gasteiger partial charge in [0.1, 0.15) is 0 Å². The third-order valence-electron chi connectivity index (χ3n) is 4.74. The van der Waals surface area contributed by atoms with Crippen LogP contribution in [0.1, 0.15) is 30.7 Å². The Morgan fingerprint density at radius 2 is 1.95 bits per heavy atom. The quantitative estimate of drug-likeness (QED) is 0.826. The predicted molar refractivity (Wildman–Crippen MR) is 79.6 cm³/mol. The number of nitrogens with zero attached hydrogens (tertiary/aromatic N) is 1. The molecule has 2 fully saturated rings. The highest BCUT2D eigenvalue weighted by molar-refractivity contribution is 6.02. The average molecular weight is 287 g/mol. The molecule has 3 rings (SSSR count). The fraction of sp³-hybridized carbons (Fsp3) is 0.500. The summed E-state index contributed by atoms with van der Waals surface area (Å²) in [5, 5.41) is 2.61. The molecule has 3 N–H and O–H groups in total. The normalized spacial score (nSPS) is 29.6. The minimum atomic E-state index is -0.267. The van der Waals surface area contributed by atoms with Crippen molar-refractivity contribution in [3.8, 4) is 0 Å². The number of carbonyl (C=O) groups excluding carboxylic acids is 2. The van der Waals surface area contributed by atoms with Crippen molar-refractivity contribution in [2.24, 2.45) is 11.7 Å². The van der Waals surface area contributed by atoms with E-state index < -0.39 is 0 Å². The van der Waals surface area contributed by atoms with Gasteiger partial charge < -0.3 is 11.1 Å². The fourth-order valence-electron chi connectivity index (χ4n) is 3.60. The second-order valence-electron chi connectivity index (χ2n) is 5.91. The Balaban J connectivity index is 1.82. The van der Waals surface area contributed by atoms with E-state index in [1.165, 1.54) is 10.5 Å². The van der Waals surface area contributed by atoms with Crippen LogP contribution in [0.3, 0.4) is 0 Å². The standard InChI is InChI=1S/C16H21N3O2/c17-9-13-7-6-12(11-4-2-1-3-5-11)8-14(13)19-15(20)10-18-16(19)21/h1-5,12-14H,6-10,17H2,(H,18,21). The van der Waals surface area contributed by atoms with E-state index in [9.17, 15) is 9.59 Å². The topological polar surface area (TPSA) is 75.4 Å². The molecule has 5 nitrogen and oxygen atoms in total. The predicted octanol–water partition coefficient (Wildman–Crippen LogP) is 1.45. The maximum atomic E-state index is 12.0. The average Bonchev–Trinajstić information content (AvgIpc) is 2.86. The van der Waals surface area contributed by atoms with Gasteiger partial charge in [0, 0.05) is 6.04 Å². The highest BCUT2D eigenvalue weighted by Gasteiger charge is 2.41. The van der Waals surface area contributed by atoms with E-state index in [1.807, 2.05) is 18.2 Å². The molecular formula is C16H21N3O2. The second kappa shape index (κ2) is 5.85. The van der Waals surface area contributed by atoms with E-state index in [4.69, 9.17) is 5.73 Å². The van der Waals surface area contributed by atoms with Crippen molar-refractivity contribution in [2.75, 3.05) is 13.1 Å². The Hall–Kier alpha value is -1.88. The summed E-state index contributed by atoms with van der Waals surface area (Å²) in [5.74, 6) is 0.468. The summed E-state index contributed by atoms with van der Waals surface area (Å²) in [7, 11) is 0. The minimum absolute atomic E-state index is 0.0797. The van der Waals surface area contributed by atoms with E-state index in [2.05, 4.69) is 17.4 Å². The number of hydrogen-bond acceptors (Lipinski definition) is 3. The zero-order valence-electron chi connectivity index (χ0n) is 12.0. The molecule has 0 spiro atoms. The third-order valence-corrected chi connectivity index (χ3v) is 4.74. The molecule has 21 heavy (non-hydrogen) atoms. The molecule has 1 saturated carbocycles. The third kappa shape index (κ3) is 2.65. The lowest BCUT2D eigenvalue weighted by atomic mass is 9.75. The fourth-order valence-corrected chi connectivity index (χ4v) is 3.60. The van der Waals surface area contributed by atoms with Gasteiger partial charge in [0.15, 0.2) is 0 Å². The van der Waals surface area contributed by atoms with Gasteiger partial charge in [0.05, 0.1) is 6.54 Å². The lowest BCUT2D eigenvalue weighted by molar-refractivity contribution is -0.127. The Bertz CT molecular complexity index is 516. The van der Waals surface area contributed by atoms with Crippen LogP contribution in [0.4, 0.5) is 4.79 Å². The summed E-state index contributed by atoms with van der Waals surface area (Å²) in [4.78, 5) is 25.3. The van der Waals surface area contributed by atoms with Crippen molar-refractivity contribution in [1.82, 2.24) is 10.2 Å². The number of benzene rings is 1. The van der Waals surface area contributed by atoms with Gasteiger partial charge in [0.2, 0.25) is 5.91 Å². The number of hydrogen-bond donors (Lipinski definition) is 2. The molecule has 3 unspecified atom stereocenters. The van der Waals surface area contributed by atoms with Gasteiger partial charge in [-0.25, -0.2) is 4.79 Å². The summed E-state index contributed by atoms with van der Waals surface area (Å²) in [6.45, 7) is 0.631. The van der Waals surface area contributed by atoms with Gasteiger partial charge in [0.25, 0.3) is 0 Å². The second-order valence-corrected chi connectivity index (χ2v) is 5.91. The summed E-state index contributed by atoms with van der Waals surface area (Å²) < 4.78 is 0. The Morgan fingerprint density at radius 3 is 2.57 bits per heavy atom. The molecule has 0 aromatic heterocycles. The van der Waals surface area contributed by atoms with E-state index in [1.54, 1.807) is 0 Å². The lowest BCUT2D eigenvalue weighted by Crippen LogP contribution is -2.49. The van der Waals surface area contributed by atoms with E-state index in [0.717, 1.165) is 19.3 Å². The molecule has 0 radical (unpaired) electrons. The largest absolute Gasteiger partial charge is 0.330 e. The van der Waals surface area contributed by atoms with Crippen molar-refractivity contribution in [3.63, 3.8) is 0 Å². The highest BCUT2D eigenvalue weighted by Crippen LogP contribution is 2.38. The summed E-state index contributed by atoms with van der Waals surface area (Å²) >= 11 is 0. The molecule has 0 bridgehead atoms. The first-order valence-electron chi connectivity index (χ1n) is 7.55. The van der Waals surface area contributed by atoms with Crippen LogP contribution in [0, 0.1) is 5.92 Å². The zero-order valence-corrected chi connectivity index (χ0v) is 12.0. The first-order chi connectivity index (χ1) is 10.2. The number of rotatable bonds is 3. The maximum absolute atomic E-state index is 12.0. The first-order valence-corrected chi connectivity index (χ1v) is 7.55. The van der Waals surface area contributed by atoms with Crippen molar-refractivity contribution >= 4 is 11.9 Å². The molecule has 3 atom stereocenters. The number of carbonyl (C=O) groups is 2. The molecule has 3 amide bonds.